The summed E-state index contributed by atoms with van der Waals surface area (Å²) in [5, 5.41) is 5.59. The number of nitrogens with zero attached hydrogens (tertiary/aromatic N) is 2. The first-order valence-electron chi connectivity index (χ1n) is 10.6. The van der Waals surface area contributed by atoms with Crippen molar-refractivity contribution in [2.24, 2.45) is 0 Å². The van der Waals surface area contributed by atoms with E-state index in [0.29, 0.717) is 5.82 Å². The minimum Gasteiger partial charge on any atom is -0.352 e. The molecule has 0 aliphatic heterocycles. The quantitative estimate of drug-likeness (QED) is 0.643. The zero-order valence-electron chi connectivity index (χ0n) is 17.4. The van der Waals surface area contributed by atoms with Gasteiger partial charge in [-0.2, -0.15) is 0 Å². The van der Waals surface area contributed by atoms with Crippen LogP contribution in [0.2, 0.25) is 0 Å². The van der Waals surface area contributed by atoms with Crippen LogP contribution in [0.4, 0.5) is 15.9 Å². The van der Waals surface area contributed by atoms with Gasteiger partial charge < -0.3 is 15.5 Å². The SMILES string of the molecule is O=C(CCCC(=O)N(CC(=O)NC1CCCC1)c1ccccc1F)Nc1ccccn1. The maximum Gasteiger partial charge on any atom is 0.240 e. The molecule has 0 unspecified atom stereocenters. The fourth-order valence-electron chi connectivity index (χ4n) is 3.64. The number of para-hydroxylation sites is 1. The smallest absolute Gasteiger partial charge is 0.240 e. The number of amides is 3. The van der Waals surface area contributed by atoms with Crippen molar-refractivity contribution >= 4 is 29.2 Å². The number of aromatic nitrogens is 1. The van der Waals surface area contributed by atoms with Crippen molar-refractivity contribution in [3.63, 3.8) is 0 Å². The topological polar surface area (TPSA) is 91.4 Å². The number of nitrogens with one attached hydrogen (secondary N) is 2. The molecule has 1 aromatic heterocycles. The van der Waals surface area contributed by atoms with Crippen molar-refractivity contribution < 1.29 is 18.8 Å². The minimum absolute atomic E-state index is 0.0146. The second-order valence-corrected chi connectivity index (χ2v) is 7.60. The van der Waals surface area contributed by atoms with E-state index in [1.807, 2.05) is 0 Å². The lowest BCUT2D eigenvalue weighted by molar-refractivity contribution is -0.124. The van der Waals surface area contributed by atoms with Gasteiger partial charge >= 0.3 is 0 Å². The Hall–Kier alpha value is -3.29. The molecule has 1 aliphatic rings. The van der Waals surface area contributed by atoms with Crippen LogP contribution in [0, 0.1) is 5.82 Å². The second-order valence-electron chi connectivity index (χ2n) is 7.60. The highest BCUT2D eigenvalue weighted by Gasteiger charge is 2.24. The molecule has 2 aromatic rings. The molecule has 8 heteroatoms. The largest absolute Gasteiger partial charge is 0.352 e. The number of benzene rings is 1. The van der Waals surface area contributed by atoms with E-state index in [2.05, 4.69) is 15.6 Å². The monoisotopic (exact) mass is 426 g/mol. The van der Waals surface area contributed by atoms with E-state index in [1.54, 1.807) is 30.5 Å². The molecule has 3 amide bonds. The van der Waals surface area contributed by atoms with E-state index in [4.69, 9.17) is 0 Å². The zero-order chi connectivity index (χ0) is 22.1. The molecule has 31 heavy (non-hydrogen) atoms. The van der Waals surface area contributed by atoms with Gasteiger partial charge in [0.05, 0.1) is 5.69 Å². The van der Waals surface area contributed by atoms with Gasteiger partial charge in [-0.3, -0.25) is 14.4 Å². The molecule has 0 bridgehead atoms. The Morgan fingerprint density at radius 3 is 2.45 bits per heavy atom. The highest BCUT2D eigenvalue weighted by atomic mass is 19.1. The molecule has 3 rings (SSSR count). The number of pyridine rings is 1. The molecule has 164 valence electrons. The van der Waals surface area contributed by atoms with Crippen molar-refractivity contribution in [2.75, 3.05) is 16.8 Å². The van der Waals surface area contributed by atoms with Crippen LogP contribution in [0.25, 0.3) is 0 Å². The predicted octanol–water partition coefficient (Wildman–Crippen LogP) is 3.42. The Kier molecular flexibility index (Phi) is 8.09. The first kappa shape index (κ1) is 22.4. The molecule has 1 heterocycles. The van der Waals surface area contributed by atoms with Gasteiger partial charge in [-0.05, 0) is 43.5 Å². The van der Waals surface area contributed by atoms with Gasteiger partial charge in [0.25, 0.3) is 0 Å². The lowest BCUT2D eigenvalue weighted by atomic mass is 10.2. The summed E-state index contributed by atoms with van der Waals surface area (Å²) in [5.41, 5.74) is 0.0620. The summed E-state index contributed by atoms with van der Waals surface area (Å²) >= 11 is 0. The summed E-state index contributed by atoms with van der Waals surface area (Å²) < 4.78 is 14.4. The second kappa shape index (κ2) is 11.2. The van der Waals surface area contributed by atoms with Crippen LogP contribution in [0.5, 0.6) is 0 Å². The number of carbonyl (C=O) groups excluding carboxylic acids is 3. The van der Waals surface area contributed by atoms with Gasteiger partial charge in [-0.15, -0.1) is 0 Å². The van der Waals surface area contributed by atoms with Gasteiger partial charge in [0.1, 0.15) is 18.2 Å². The van der Waals surface area contributed by atoms with E-state index < -0.39 is 11.7 Å². The Morgan fingerprint density at radius 1 is 1.00 bits per heavy atom. The van der Waals surface area contributed by atoms with Crippen molar-refractivity contribution in [2.45, 2.75) is 51.0 Å². The van der Waals surface area contributed by atoms with Crippen molar-refractivity contribution in [3.8, 4) is 0 Å². The fourth-order valence-corrected chi connectivity index (χ4v) is 3.64. The Balaban J connectivity index is 1.57. The Labute approximate surface area is 181 Å². The van der Waals surface area contributed by atoms with Gasteiger partial charge in [-0.1, -0.05) is 31.0 Å². The maximum absolute atomic E-state index is 14.4. The van der Waals surface area contributed by atoms with Crippen LogP contribution >= 0.6 is 0 Å². The van der Waals surface area contributed by atoms with Crippen LogP contribution in [-0.2, 0) is 14.4 Å². The normalized spacial score (nSPS) is 13.6. The van der Waals surface area contributed by atoms with Crippen LogP contribution in [0.3, 0.4) is 0 Å². The molecule has 1 aliphatic carbocycles. The Morgan fingerprint density at radius 2 is 1.74 bits per heavy atom. The van der Waals surface area contributed by atoms with Crippen molar-refractivity contribution in [1.82, 2.24) is 10.3 Å². The molecule has 0 radical (unpaired) electrons. The predicted molar refractivity (Wildman–Crippen MR) is 116 cm³/mol. The van der Waals surface area contributed by atoms with E-state index in [-0.39, 0.29) is 49.4 Å². The third-order valence-electron chi connectivity index (χ3n) is 5.19. The van der Waals surface area contributed by atoms with Gasteiger partial charge in [-0.25, -0.2) is 9.37 Å². The summed E-state index contributed by atoms with van der Waals surface area (Å²) in [4.78, 5) is 42.6. The Bertz CT molecular complexity index is 901. The standard InChI is InChI=1S/C23H27FN4O3/c24-18-10-3-4-11-19(18)28(16-22(30)26-17-8-1-2-9-17)23(31)14-7-13-21(29)27-20-12-5-6-15-25-20/h3-6,10-12,15,17H,1-2,7-9,13-14,16H2,(H,26,30)(H,25,27,29). The molecule has 0 atom stereocenters. The summed E-state index contributed by atoms with van der Waals surface area (Å²) in [5.74, 6) is -1.11. The lowest BCUT2D eigenvalue weighted by Crippen LogP contribution is -2.44. The van der Waals surface area contributed by atoms with Crippen LogP contribution in [-0.4, -0.2) is 35.3 Å². The van der Waals surface area contributed by atoms with Crippen LogP contribution in [0.1, 0.15) is 44.9 Å². The zero-order valence-corrected chi connectivity index (χ0v) is 17.4. The molecular weight excluding hydrogens is 399 g/mol. The number of rotatable bonds is 9. The van der Waals surface area contributed by atoms with Crippen molar-refractivity contribution in [1.29, 1.82) is 0 Å². The lowest BCUT2D eigenvalue weighted by Gasteiger charge is -2.24. The third kappa shape index (κ3) is 6.87. The van der Waals surface area contributed by atoms with E-state index in [9.17, 15) is 18.8 Å². The van der Waals surface area contributed by atoms with Crippen molar-refractivity contribution in [3.05, 3.63) is 54.5 Å². The number of carbonyl (C=O) groups is 3. The molecule has 0 spiro atoms. The molecule has 1 fully saturated rings. The number of halogens is 1. The number of hydrogen-bond acceptors (Lipinski definition) is 4. The fraction of sp³-hybridized carbons (Fsp3) is 0.391. The summed E-state index contributed by atoms with van der Waals surface area (Å²) in [7, 11) is 0. The molecular formula is C23H27FN4O3. The average Bonchev–Trinajstić information content (AvgIpc) is 3.26. The number of hydrogen-bond donors (Lipinski definition) is 2. The first-order valence-corrected chi connectivity index (χ1v) is 10.6. The summed E-state index contributed by atoms with van der Waals surface area (Å²) in [6, 6.07) is 11.2. The van der Waals surface area contributed by atoms with E-state index in [0.717, 1.165) is 30.6 Å². The van der Waals surface area contributed by atoms with E-state index >= 15 is 0 Å². The number of anilines is 2. The van der Waals surface area contributed by atoms with Gasteiger partial charge in [0.2, 0.25) is 17.7 Å². The summed E-state index contributed by atoms with van der Waals surface area (Å²) in [6.45, 7) is -0.254. The highest BCUT2D eigenvalue weighted by molar-refractivity contribution is 5.99. The molecule has 0 saturated heterocycles. The van der Waals surface area contributed by atoms with E-state index in [1.165, 1.54) is 18.2 Å². The molecule has 1 aromatic carbocycles. The van der Waals surface area contributed by atoms with Gasteiger partial charge in [0, 0.05) is 25.1 Å². The van der Waals surface area contributed by atoms with Crippen LogP contribution in [0.15, 0.2) is 48.7 Å². The molecule has 7 nitrogen and oxygen atoms in total. The van der Waals surface area contributed by atoms with Crippen LogP contribution < -0.4 is 15.5 Å². The third-order valence-corrected chi connectivity index (χ3v) is 5.19. The van der Waals surface area contributed by atoms with Gasteiger partial charge in [0.15, 0.2) is 0 Å². The maximum atomic E-state index is 14.4. The average molecular weight is 426 g/mol. The first-order chi connectivity index (χ1) is 15.0. The molecule has 1 saturated carbocycles. The minimum atomic E-state index is -0.572. The summed E-state index contributed by atoms with van der Waals surface area (Å²) in [6.07, 6.45) is 5.95. The molecule has 2 N–H and O–H groups in total. The highest BCUT2D eigenvalue weighted by Crippen LogP contribution is 2.21.